The third kappa shape index (κ3) is 3.39. The molecule has 0 spiro atoms. The quantitative estimate of drug-likeness (QED) is 0.888. The van der Waals surface area contributed by atoms with E-state index in [0.717, 1.165) is 12.0 Å². The number of rotatable bonds is 4. The van der Waals surface area contributed by atoms with Gasteiger partial charge in [0.2, 0.25) is 5.91 Å². The number of amides is 1. The topological polar surface area (TPSA) is 29.1 Å². The van der Waals surface area contributed by atoms with Gasteiger partial charge in [0, 0.05) is 12.5 Å². The smallest absolute Gasteiger partial charge is 0.224 e. The number of hydrogen-bond donors (Lipinski definition) is 1. The third-order valence-electron chi connectivity index (χ3n) is 3.81. The van der Waals surface area contributed by atoms with Gasteiger partial charge in [0.25, 0.3) is 0 Å². The standard InChI is InChI=1S/C17H15Cl2NO/c18-15-7-6-11(8-16(15)19)10-20-17(21)14-9-13(14)12-4-2-1-3-5-12/h1-8,13-14H,9-10H2,(H,20,21)/t13-,14-/m0/s1. The summed E-state index contributed by atoms with van der Waals surface area (Å²) in [7, 11) is 0. The second-order valence-corrected chi connectivity index (χ2v) is 6.14. The molecule has 21 heavy (non-hydrogen) atoms. The van der Waals surface area contributed by atoms with Crippen molar-refractivity contribution in [1.29, 1.82) is 0 Å². The molecule has 1 amide bonds. The van der Waals surface area contributed by atoms with E-state index in [0.29, 0.717) is 22.5 Å². The van der Waals surface area contributed by atoms with Gasteiger partial charge in [-0.15, -0.1) is 0 Å². The van der Waals surface area contributed by atoms with E-state index in [1.54, 1.807) is 12.1 Å². The molecule has 1 aliphatic carbocycles. The van der Waals surface area contributed by atoms with E-state index < -0.39 is 0 Å². The number of nitrogens with one attached hydrogen (secondary N) is 1. The average Bonchev–Trinajstić information content (AvgIpc) is 3.30. The molecular formula is C17H15Cl2NO. The Bertz CT molecular complexity index is 657. The largest absolute Gasteiger partial charge is 0.352 e. The summed E-state index contributed by atoms with van der Waals surface area (Å²) in [6, 6.07) is 15.6. The van der Waals surface area contributed by atoms with Crippen LogP contribution in [0.4, 0.5) is 0 Å². The molecule has 1 N–H and O–H groups in total. The Labute approximate surface area is 134 Å². The number of halogens is 2. The fourth-order valence-corrected chi connectivity index (χ4v) is 2.84. The van der Waals surface area contributed by atoms with Gasteiger partial charge in [0.15, 0.2) is 0 Å². The molecule has 2 aromatic rings. The van der Waals surface area contributed by atoms with Gasteiger partial charge in [-0.05, 0) is 35.6 Å². The Morgan fingerprint density at radius 3 is 2.57 bits per heavy atom. The summed E-state index contributed by atoms with van der Waals surface area (Å²) in [6.45, 7) is 0.480. The maximum absolute atomic E-state index is 12.1. The SMILES string of the molecule is O=C(NCc1ccc(Cl)c(Cl)c1)[C@H]1C[C@H]1c1ccccc1. The molecule has 4 heteroatoms. The van der Waals surface area contributed by atoms with Crippen molar-refractivity contribution in [1.82, 2.24) is 5.32 Å². The molecule has 108 valence electrons. The predicted octanol–water partition coefficient (Wildman–Crippen LogP) is 4.41. The lowest BCUT2D eigenvalue weighted by atomic mass is 10.1. The highest BCUT2D eigenvalue weighted by Crippen LogP contribution is 2.47. The maximum atomic E-state index is 12.1. The number of carbonyl (C=O) groups excluding carboxylic acids is 1. The van der Waals surface area contributed by atoms with Crippen molar-refractivity contribution < 1.29 is 4.79 Å². The molecule has 0 aromatic heterocycles. The van der Waals surface area contributed by atoms with Gasteiger partial charge < -0.3 is 5.32 Å². The Hall–Kier alpha value is -1.51. The van der Waals surface area contributed by atoms with Crippen molar-refractivity contribution in [3.63, 3.8) is 0 Å². The van der Waals surface area contributed by atoms with Crippen LogP contribution in [0.2, 0.25) is 10.0 Å². The lowest BCUT2D eigenvalue weighted by molar-refractivity contribution is -0.122. The van der Waals surface area contributed by atoms with E-state index in [-0.39, 0.29) is 11.8 Å². The molecule has 0 heterocycles. The van der Waals surface area contributed by atoms with Crippen LogP contribution in [0, 0.1) is 5.92 Å². The van der Waals surface area contributed by atoms with Crippen LogP contribution >= 0.6 is 23.2 Å². The van der Waals surface area contributed by atoms with E-state index >= 15 is 0 Å². The fourth-order valence-electron chi connectivity index (χ4n) is 2.52. The highest BCUT2D eigenvalue weighted by Gasteiger charge is 2.43. The first kappa shape index (κ1) is 14.4. The maximum Gasteiger partial charge on any atom is 0.224 e. The summed E-state index contributed by atoms with van der Waals surface area (Å²) < 4.78 is 0. The van der Waals surface area contributed by atoms with E-state index in [2.05, 4.69) is 17.4 Å². The first-order chi connectivity index (χ1) is 10.1. The molecule has 3 rings (SSSR count). The highest BCUT2D eigenvalue weighted by molar-refractivity contribution is 6.42. The molecule has 2 nitrogen and oxygen atoms in total. The fraction of sp³-hybridized carbons (Fsp3) is 0.235. The van der Waals surface area contributed by atoms with Crippen molar-refractivity contribution in [2.24, 2.45) is 5.92 Å². The minimum Gasteiger partial charge on any atom is -0.352 e. The van der Waals surface area contributed by atoms with Crippen LogP contribution in [0.15, 0.2) is 48.5 Å². The molecule has 1 aliphatic rings. The van der Waals surface area contributed by atoms with Gasteiger partial charge in [-0.25, -0.2) is 0 Å². The van der Waals surface area contributed by atoms with Gasteiger partial charge in [0.05, 0.1) is 10.0 Å². The molecule has 0 aliphatic heterocycles. The van der Waals surface area contributed by atoms with Crippen LogP contribution in [0.1, 0.15) is 23.5 Å². The van der Waals surface area contributed by atoms with Crippen LogP contribution in [0.5, 0.6) is 0 Å². The van der Waals surface area contributed by atoms with Crippen molar-refractivity contribution in [2.45, 2.75) is 18.9 Å². The van der Waals surface area contributed by atoms with Gasteiger partial charge in [-0.1, -0.05) is 59.6 Å². The Morgan fingerprint density at radius 2 is 1.86 bits per heavy atom. The van der Waals surface area contributed by atoms with Crippen molar-refractivity contribution in [2.75, 3.05) is 0 Å². The summed E-state index contributed by atoms with van der Waals surface area (Å²) in [6.07, 6.45) is 0.928. The van der Waals surface area contributed by atoms with Crippen LogP contribution < -0.4 is 5.32 Å². The molecule has 1 saturated carbocycles. The number of carbonyl (C=O) groups is 1. The van der Waals surface area contributed by atoms with Gasteiger partial charge in [0.1, 0.15) is 0 Å². The zero-order valence-corrected chi connectivity index (χ0v) is 12.9. The van der Waals surface area contributed by atoms with Crippen molar-refractivity contribution in [3.8, 4) is 0 Å². The summed E-state index contributed by atoms with van der Waals surface area (Å²) in [5, 5.41) is 4.00. The average molecular weight is 320 g/mol. The second-order valence-electron chi connectivity index (χ2n) is 5.33. The van der Waals surface area contributed by atoms with E-state index in [4.69, 9.17) is 23.2 Å². The zero-order chi connectivity index (χ0) is 14.8. The third-order valence-corrected chi connectivity index (χ3v) is 4.54. The van der Waals surface area contributed by atoms with E-state index in [9.17, 15) is 4.79 Å². The van der Waals surface area contributed by atoms with E-state index in [1.807, 2.05) is 24.3 Å². The molecule has 2 aromatic carbocycles. The van der Waals surface area contributed by atoms with Gasteiger partial charge in [-0.2, -0.15) is 0 Å². The Balaban J connectivity index is 1.55. The molecule has 0 saturated heterocycles. The predicted molar refractivity (Wildman–Crippen MR) is 85.6 cm³/mol. The minimum absolute atomic E-state index is 0.0928. The lowest BCUT2D eigenvalue weighted by Crippen LogP contribution is -2.24. The molecule has 0 unspecified atom stereocenters. The summed E-state index contributed by atoms with van der Waals surface area (Å²) >= 11 is 11.8. The van der Waals surface area contributed by atoms with Crippen LogP contribution in [0.25, 0.3) is 0 Å². The molecule has 1 fully saturated rings. The summed E-state index contributed by atoms with van der Waals surface area (Å²) in [5.74, 6) is 0.560. The Morgan fingerprint density at radius 1 is 1.10 bits per heavy atom. The highest BCUT2D eigenvalue weighted by atomic mass is 35.5. The van der Waals surface area contributed by atoms with Gasteiger partial charge >= 0.3 is 0 Å². The molecule has 0 bridgehead atoms. The normalized spacial score (nSPS) is 20.1. The van der Waals surface area contributed by atoms with Crippen LogP contribution in [-0.4, -0.2) is 5.91 Å². The van der Waals surface area contributed by atoms with E-state index in [1.165, 1.54) is 5.56 Å². The number of hydrogen-bond acceptors (Lipinski definition) is 1. The Kier molecular flexibility index (Phi) is 4.18. The molecular weight excluding hydrogens is 305 g/mol. The molecule has 2 atom stereocenters. The summed E-state index contributed by atoms with van der Waals surface area (Å²) in [4.78, 5) is 12.1. The first-order valence-corrected chi connectivity index (χ1v) is 7.67. The van der Waals surface area contributed by atoms with Crippen LogP contribution in [0.3, 0.4) is 0 Å². The monoisotopic (exact) mass is 319 g/mol. The number of benzene rings is 2. The van der Waals surface area contributed by atoms with Crippen LogP contribution in [-0.2, 0) is 11.3 Å². The van der Waals surface area contributed by atoms with Crippen molar-refractivity contribution in [3.05, 3.63) is 69.7 Å². The second kappa shape index (κ2) is 6.08. The van der Waals surface area contributed by atoms with Crippen molar-refractivity contribution >= 4 is 29.1 Å². The van der Waals surface area contributed by atoms with Gasteiger partial charge in [-0.3, -0.25) is 4.79 Å². The first-order valence-electron chi connectivity index (χ1n) is 6.92. The lowest BCUT2D eigenvalue weighted by Gasteiger charge is -2.06. The minimum atomic E-state index is 0.0928. The zero-order valence-electron chi connectivity index (χ0n) is 11.4. The molecule has 0 radical (unpaired) electrons. The summed E-state index contributed by atoms with van der Waals surface area (Å²) in [5.41, 5.74) is 2.20.